The average Bonchev–Trinajstić information content (AvgIpc) is 3.42. The van der Waals surface area contributed by atoms with E-state index in [2.05, 4.69) is 15.5 Å². The minimum atomic E-state index is -3.44. The summed E-state index contributed by atoms with van der Waals surface area (Å²) in [4.78, 5) is 12.4. The third-order valence-corrected chi connectivity index (χ3v) is 6.43. The van der Waals surface area contributed by atoms with Crippen molar-refractivity contribution in [2.24, 2.45) is 0 Å². The van der Waals surface area contributed by atoms with Gasteiger partial charge in [-0.2, -0.15) is 0 Å². The smallest absolute Gasteiger partial charge is 0.322 e. The molecule has 0 saturated carbocycles. The van der Waals surface area contributed by atoms with E-state index in [4.69, 9.17) is 13.6 Å². The van der Waals surface area contributed by atoms with Crippen LogP contribution in [0.2, 0.25) is 0 Å². The number of fused-ring (bicyclic) bond motifs is 1. The van der Waals surface area contributed by atoms with Crippen molar-refractivity contribution in [3.63, 3.8) is 0 Å². The number of nitrogens with one attached hydrogen (secondary N) is 1. The minimum absolute atomic E-state index is 0.00781. The zero-order chi connectivity index (χ0) is 22.6. The third kappa shape index (κ3) is 4.80. The molecule has 0 fully saturated rings. The molecule has 0 atom stereocenters. The average molecular weight is 455 g/mol. The molecule has 10 heteroatoms. The lowest BCUT2D eigenvalue weighted by Gasteiger charge is -2.04. The SMILES string of the molecule is CCOc1cccc2cc(-c3nnc(NC(=O)CCCS(=O)(=O)c4ccccc4)o3)oc12. The molecule has 1 amide bonds. The quantitative estimate of drug-likeness (QED) is 0.400. The van der Waals surface area contributed by atoms with Crippen molar-refractivity contribution in [2.45, 2.75) is 24.7 Å². The van der Waals surface area contributed by atoms with Crippen LogP contribution in [0.3, 0.4) is 0 Å². The van der Waals surface area contributed by atoms with Crippen molar-refractivity contribution in [3.05, 3.63) is 54.6 Å². The molecular formula is C22H21N3O6S. The van der Waals surface area contributed by atoms with Gasteiger partial charge in [0, 0.05) is 11.8 Å². The molecule has 0 aliphatic rings. The Bertz CT molecular complexity index is 1330. The number of hydrogen-bond donors (Lipinski definition) is 1. The molecule has 4 rings (SSSR count). The maximum Gasteiger partial charge on any atom is 0.322 e. The van der Waals surface area contributed by atoms with Gasteiger partial charge in [-0.15, -0.1) is 5.10 Å². The zero-order valence-corrected chi connectivity index (χ0v) is 18.1. The summed E-state index contributed by atoms with van der Waals surface area (Å²) in [5.74, 6) is 0.488. The van der Waals surface area contributed by atoms with Crippen LogP contribution in [0.5, 0.6) is 5.75 Å². The molecule has 0 radical (unpaired) electrons. The van der Waals surface area contributed by atoms with Crippen LogP contribution >= 0.6 is 0 Å². The number of hydrogen-bond acceptors (Lipinski definition) is 8. The largest absolute Gasteiger partial charge is 0.490 e. The molecule has 166 valence electrons. The maximum absolute atomic E-state index is 12.3. The van der Waals surface area contributed by atoms with E-state index in [1.54, 1.807) is 30.3 Å². The van der Waals surface area contributed by atoms with E-state index in [-0.39, 0.29) is 35.4 Å². The standard InChI is InChI=1S/C22H21N3O6S/c1-2-29-17-11-6-8-15-14-18(30-20(15)17)21-24-25-22(31-21)23-19(26)12-7-13-32(27,28)16-9-4-3-5-10-16/h3-6,8-11,14H,2,7,12-13H2,1H3,(H,23,25,26). The first kappa shape index (κ1) is 21.6. The van der Waals surface area contributed by atoms with E-state index in [9.17, 15) is 13.2 Å². The Morgan fingerprint density at radius 2 is 1.88 bits per heavy atom. The van der Waals surface area contributed by atoms with Crippen molar-refractivity contribution in [1.29, 1.82) is 0 Å². The predicted octanol–water partition coefficient (Wildman–Crippen LogP) is 4.07. The Morgan fingerprint density at radius 1 is 1.06 bits per heavy atom. The summed E-state index contributed by atoms with van der Waals surface area (Å²) in [6.45, 7) is 2.38. The van der Waals surface area contributed by atoms with E-state index in [0.717, 1.165) is 5.39 Å². The fourth-order valence-electron chi connectivity index (χ4n) is 3.13. The van der Waals surface area contributed by atoms with Crippen LogP contribution in [0.15, 0.2) is 68.3 Å². The van der Waals surface area contributed by atoms with E-state index >= 15 is 0 Å². The van der Waals surface area contributed by atoms with E-state index in [1.807, 2.05) is 19.1 Å². The van der Waals surface area contributed by atoms with Gasteiger partial charge in [-0.3, -0.25) is 10.1 Å². The zero-order valence-electron chi connectivity index (χ0n) is 17.3. The molecule has 0 aliphatic heterocycles. The summed E-state index contributed by atoms with van der Waals surface area (Å²) in [5.41, 5.74) is 0.563. The molecule has 9 nitrogen and oxygen atoms in total. The number of carbonyl (C=O) groups excluding carboxylic acids is 1. The van der Waals surface area contributed by atoms with Crippen LogP contribution in [0.25, 0.3) is 22.6 Å². The number of furan rings is 1. The van der Waals surface area contributed by atoms with Gasteiger partial charge >= 0.3 is 6.01 Å². The molecule has 2 aromatic heterocycles. The normalized spacial score (nSPS) is 11.5. The van der Waals surface area contributed by atoms with Crippen molar-refractivity contribution in [3.8, 4) is 17.4 Å². The minimum Gasteiger partial charge on any atom is -0.490 e. The number of aromatic nitrogens is 2. The van der Waals surface area contributed by atoms with Crippen LogP contribution < -0.4 is 10.1 Å². The highest BCUT2D eigenvalue weighted by Gasteiger charge is 2.18. The van der Waals surface area contributed by atoms with Crippen molar-refractivity contribution in [1.82, 2.24) is 10.2 Å². The van der Waals surface area contributed by atoms with Gasteiger partial charge in [-0.05, 0) is 37.6 Å². The summed E-state index contributed by atoms with van der Waals surface area (Å²) >= 11 is 0. The number of nitrogens with zero attached hydrogens (tertiary/aromatic N) is 2. The lowest BCUT2D eigenvalue weighted by Crippen LogP contribution is -2.14. The first-order valence-corrected chi connectivity index (χ1v) is 11.7. The van der Waals surface area contributed by atoms with Gasteiger partial charge in [0.05, 0.1) is 17.3 Å². The number of rotatable bonds is 9. The third-order valence-electron chi connectivity index (χ3n) is 4.61. The first-order chi connectivity index (χ1) is 15.5. The van der Waals surface area contributed by atoms with Crippen LogP contribution in [-0.4, -0.2) is 36.9 Å². The first-order valence-electron chi connectivity index (χ1n) is 10.0. The van der Waals surface area contributed by atoms with Gasteiger partial charge in [-0.25, -0.2) is 8.42 Å². The second-order valence-electron chi connectivity index (χ2n) is 6.91. The van der Waals surface area contributed by atoms with Crippen LogP contribution in [-0.2, 0) is 14.6 Å². The molecule has 1 N–H and O–H groups in total. The number of carbonyl (C=O) groups is 1. The van der Waals surface area contributed by atoms with E-state index < -0.39 is 15.7 Å². The highest BCUT2D eigenvalue weighted by atomic mass is 32.2. The monoisotopic (exact) mass is 455 g/mol. The number of amides is 1. The molecule has 0 unspecified atom stereocenters. The Morgan fingerprint density at radius 3 is 2.66 bits per heavy atom. The van der Waals surface area contributed by atoms with Crippen molar-refractivity contribution >= 4 is 32.7 Å². The van der Waals surface area contributed by atoms with Gasteiger partial charge in [0.15, 0.2) is 26.9 Å². The number of para-hydroxylation sites is 1. The Kier molecular flexibility index (Phi) is 6.22. The number of sulfone groups is 1. The summed E-state index contributed by atoms with van der Waals surface area (Å²) in [6.07, 6.45) is 0.153. The summed E-state index contributed by atoms with van der Waals surface area (Å²) < 4.78 is 41.4. The molecule has 0 bridgehead atoms. The topological polar surface area (TPSA) is 125 Å². The van der Waals surface area contributed by atoms with Gasteiger partial charge in [0.2, 0.25) is 5.91 Å². The lowest BCUT2D eigenvalue weighted by molar-refractivity contribution is -0.116. The number of benzene rings is 2. The van der Waals surface area contributed by atoms with Crippen molar-refractivity contribution in [2.75, 3.05) is 17.7 Å². The highest BCUT2D eigenvalue weighted by molar-refractivity contribution is 7.91. The Balaban J connectivity index is 1.36. The molecule has 32 heavy (non-hydrogen) atoms. The molecular weight excluding hydrogens is 434 g/mol. The molecule has 2 heterocycles. The fourth-order valence-corrected chi connectivity index (χ4v) is 4.47. The van der Waals surface area contributed by atoms with E-state index in [0.29, 0.717) is 23.7 Å². The second-order valence-corrected chi connectivity index (χ2v) is 9.02. The second kappa shape index (κ2) is 9.23. The van der Waals surface area contributed by atoms with Crippen molar-refractivity contribution < 1.29 is 26.8 Å². The molecule has 4 aromatic rings. The van der Waals surface area contributed by atoms with Crippen LogP contribution in [0, 0.1) is 0 Å². The van der Waals surface area contributed by atoms with Gasteiger partial charge in [0.25, 0.3) is 5.89 Å². The molecule has 0 saturated heterocycles. The maximum atomic E-state index is 12.3. The molecule has 0 aliphatic carbocycles. The summed E-state index contributed by atoms with van der Waals surface area (Å²) in [5, 5.41) is 11.0. The highest BCUT2D eigenvalue weighted by Crippen LogP contribution is 2.33. The number of anilines is 1. The molecule has 2 aromatic carbocycles. The molecule has 0 spiro atoms. The van der Waals surface area contributed by atoms with Crippen LogP contribution in [0.4, 0.5) is 6.01 Å². The number of ether oxygens (including phenoxy) is 1. The van der Waals surface area contributed by atoms with E-state index in [1.165, 1.54) is 12.1 Å². The lowest BCUT2D eigenvalue weighted by atomic mass is 10.2. The van der Waals surface area contributed by atoms with Gasteiger partial charge in [0.1, 0.15) is 0 Å². The Labute approximate surface area is 184 Å². The van der Waals surface area contributed by atoms with Gasteiger partial charge < -0.3 is 13.6 Å². The summed E-state index contributed by atoms with van der Waals surface area (Å²) in [7, 11) is -3.44. The van der Waals surface area contributed by atoms with Gasteiger partial charge in [-0.1, -0.05) is 35.4 Å². The Hall–Kier alpha value is -3.66. The fraction of sp³-hybridized carbons (Fsp3) is 0.227. The summed E-state index contributed by atoms with van der Waals surface area (Å²) in [6, 6.07) is 15.3. The predicted molar refractivity (Wildman–Crippen MR) is 117 cm³/mol. The van der Waals surface area contributed by atoms with Crippen LogP contribution in [0.1, 0.15) is 19.8 Å².